The van der Waals surface area contributed by atoms with Crippen LogP contribution in [-0.4, -0.2) is 18.5 Å². The second-order valence-corrected chi connectivity index (χ2v) is 6.59. The van der Waals surface area contributed by atoms with Crippen LogP contribution < -0.4 is 5.32 Å². The van der Waals surface area contributed by atoms with Crippen LogP contribution in [0.2, 0.25) is 0 Å². The highest BCUT2D eigenvalue weighted by atomic mass is 32.1. The average molecular weight is 331 g/mol. The van der Waals surface area contributed by atoms with Crippen LogP contribution >= 0.6 is 11.3 Å². The molecule has 122 valence electrons. The van der Waals surface area contributed by atoms with Gasteiger partial charge in [0.05, 0.1) is 6.04 Å². The van der Waals surface area contributed by atoms with E-state index < -0.39 is 5.97 Å². The van der Waals surface area contributed by atoms with Crippen molar-refractivity contribution in [2.75, 3.05) is 6.61 Å². The summed E-state index contributed by atoms with van der Waals surface area (Å²) in [5.74, 6) is -0.737. The second kappa shape index (κ2) is 8.48. The fraction of sp³-hybridized carbons (Fsp3) is 0.333. The number of benzene rings is 1. The van der Waals surface area contributed by atoms with E-state index in [2.05, 4.69) is 12.2 Å². The minimum atomic E-state index is -0.454. The number of esters is 1. The summed E-state index contributed by atoms with van der Waals surface area (Å²) in [5.41, 5.74) is 1.06. The van der Waals surface area contributed by atoms with Crippen molar-refractivity contribution in [2.24, 2.45) is 0 Å². The molecule has 0 radical (unpaired) electrons. The highest BCUT2D eigenvalue weighted by Crippen LogP contribution is 2.18. The molecule has 1 heterocycles. The van der Waals surface area contributed by atoms with Crippen molar-refractivity contribution < 1.29 is 14.3 Å². The number of hydrogen-bond donors (Lipinski definition) is 1. The van der Waals surface area contributed by atoms with Gasteiger partial charge in [0.15, 0.2) is 6.61 Å². The summed E-state index contributed by atoms with van der Waals surface area (Å²) >= 11 is 1.36. The first-order valence-electron chi connectivity index (χ1n) is 7.68. The summed E-state index contributed by atoms with van der Waals surface area (Å²) in [7, 11) is 0. The minimum absolute atomic E-state index is 0.0589. The molecule has 2 rings (SSSR count). The van der Waals surface area contributed by atoms with Gasteiger partial charge in [-0.2, -0.15) is 0 Å². The summed E-state index contributed by atoms with van der Waals surface area (Å²) < 4.78 is 5.08. The number of amides is 1. The zero-order valence-electron chi connectivity index (χ0n) is 13.4. The van der Waals surface area contributed by atoms with Crippen molar-refractivity contribution in [1.82, 2.24) is 5.32 Å². The molecule has 0 aliphatic heterocycles. The van der Waals surface area contributed by atoms with E-state index in [9.17, 15) is 9.59 Å². The zero-order valence-corrected chi connectivity index (χ0v) is 14.2. The van der Waals surface area contributed by atoms with Gasteiger partial charge < -0.3 is 10.1 Å². The first kappa shape index (κ1) is 17.2. The minimum Gasteiger partial charge on any atom is -0.451 e. The van der Waals surface area contributed by atoms with E-state index in [-0.39, 0.29) is 18.6 Å². The van der Waals surface area contributed by atoms with Crippen molar-refractivity contribution in [3.63, 3.8) is 0 Å². The smallest absolute Gasteiger partial charge is 0.348 e. The van der Waals surface area contributed by atoms with Gasteiger partial charge in [-0.3, -0.25) is 4.79 Å². The predicted molar refractivity (Wildman–Crippen MR) is 91.6 cm³/mol. The van der Waals surface area contributed by atoms with Crippen molar-refractivity contribution in [1.29, 1.82) is 0 Å². The maximum atomic E-state index is 12.1. The van der Waals surface area contributed by atoms with E-state index in [1.807, 2.05) is 43.3 Å². The lowest BCUT2D eigenvalue weighted by molar-refractivity contribution is -0.125. The highest BCUT2D eigenvalue weighted by molar-refractivity contribution is 7.13. The molecule has 1 amide bonds. The molecule has 0 bridgehead atoms. The van der Waals surface area contributed by atoms with E-state index >= 15 is 0 Å². The first-order chi connectivity index (χ1) is 11.1. The first-order valence-corrected chi connectivity index (χ1v) is 8.49. The molecule has 1 N–H and O–H groups in total. The van der Waals surface area contributed by atoms with Gasteiger partial charge in [0, 0.05) is 4.88 Å². The van der Waals surface area contributed by atoms with Gasteiger partial charge in [0.2, 0.25) is 0 Å². The maximum absolute atomic E-state index is 12.1. The molecule has 0 aliphatic carbocycles. The van der Waals surface area contributed by atoms with Crippen LogP contribution in [0.1, 0.15) is 45.9 Å². The Morgan fingerprint density at radius 1 is 1.17 bits per heavy atom. The van der Waals surface area contributed by atoms with Crippen molar-refractivity contribution in [3.8, 4) is 0 Å². The topological polar surface area (TPSA) is 55.4 Å². The number of aryl methyl sites for hydroxylation is 1. The number of thiophene rings is 1. The summed E-state index contributed by atoms with van der Waals surface area (Å²) in [5, 5.41) is 2.93. The molecule has 0 saturated carbocycles. The number of nitrogens with one attached hydrogen (secondary N) is 1. The Hall–Kier alpha value is -2.14. The van der Waals surface area contributed by atoms with Gasteiger partial charge in [-0.25, -0.2) is 4.79 Å². The molecule has 1 atom stereocenters. The molecule has 5 heteroatoms. The molecule has 0 unspecified atom stereocenters. The molecule has 0 fully saturated rings. The molecule has 0 aliphatic rings. The Morgan fingerprint density at radius 2 is 1.91 bits per heavy atom. The van der Waals surface area contributed by atoms with Gasteiger partial charge in [-0.05, 0) is 31.0 Å². The molecule has 0 spiro atoms. The molecular formula is C18H21NO3S. The second-order valence-electron chi connectivity index (χ2n) is 5.31. The molecular weight excluding hydrogens is 310 g/mol. The number of ether oxygens (including phenoxy) is 1. The normalized spacial score (nSPS) is 11.7. The van der Waals surface area contributed by atoms with Crippen LogP contribution in [0.25, 0.3) is 0 Å². The van der Waals surface area contributed by atoms with E-state index in [0.29, 0.717) is 4.88 Å². The SMILES string of the molecule is CCC[C@@H](NC(=O)COC(=O)c1ccc(C)s1)c1ccccc1. The number of carbonyl (C=O) groups excluding carboxylic acids is 2. The van der Waals surface area contributed by atoms with E-state index in [1.165, 1.54) is 11.3 Å². The van der Waals surface area contributed by atoms with Crippen LogP contribution in [0.15, 0.2) is 42.5 Å². The third-order valence-corrected chi connectivity index (χ3v) is 4.37. The average Bonchev–Trinajstić information content (AvgIpc) is 2.99. The Bertz CT molecular complexity index is 651. The van der Waals surface area contributed by atoms with E-state index in [0.717, 1.165) is 23.3 Å². The van der Waals surface area contributed by atoms with Crippen LogP contribution in [-0.2, 0) is 9.53 Å². The number of hydrogen-bond acceptors (Lipinski definition) is 4. The fourth-order valence-corrected chi connectivity index (χ4v) is 3.04. The lowest BCUT2D eigenvalue weighted by Gasteiger charge is -2.18. The third kappa shape index (κ3) is 5.21. The maximum Gasteiger partial charge on any atom is 0.348 e. The molecule has 2 aromatic rings. The van der Waals surface area contributed by atoms with Crippen LogP contribution in [0.3, 0.4) is 0 Å². The van der Waals surface area contributed by atoms with Crippen LogP contribution in [0.5, 0.6) is 0 Å². The third-order valence-electron chi connectivity index (χ3n) is 3.39. The van der Waals surface area contributed by atoms with Crippen molar-refractivity contribution in [2.45, 2.75) is 32.7 Å². The Balaban J connectivity index is 1.88. The lowest BCUT2D eigenvalue weighted by atomic mass is 10.0. The van der Waals surface area contributed by atoms with Crippen molar-refractivity contribution in [3.05, 3.63) is 57.8 Å². The van der Waals surface area contributed by atoms with Gasteiger partial charge in [0.25, 0.3) is 5.91 Å². The van der Waals surface area contributed by atoms with Crippen molar-refractivity contribution >= 4 is 23.2 Å². The largest absolute Gasteiger partial charge is 0.451 e. The van der Waals surface area contributed by atoms with E-state index in [1.54, 1.807) is 6.07 Å². The number of rotatable bonds is 7. The number of carbonyl (C=O) groups is 2. The summed E-state index contributed by atoms with van der Waals surface area (Å²) in [6.45, 7) is 3.73. The monoisotopic (exact) mass is 331 g/mol. The van der Waals surface area contributed by atoms with Gasteiger partial charge in [-0.15, -0.1) is 11.3 Å². The van der Waals surface area contributed by atoms with Gasteiger partial charge in [0.1, 0.15) is 4.88 Å². The van der Waals surface area contributed by atoms with Crippen LogP contribution in [0.4, 0.5) is 0 Å². The molecule has 1 aromatic heterocycles. The van der Waals surface area contributed by atoms with E-state index in [4.69, 9.17) is 4.74 Å². The standard InChI is InChI=1S/C18H21NO3S/c1-3-7-15(14-8-5-4-6-9-14)19-17(20)12-22-18(21)16-11-10-13(2)23-16/h4-6,8-11,15H,3,7,12H2,1-2H3,(H,19,20)/t15-/m1/s1. The predicted octanol–water partition coefficient (Wildman–Crippen LogP) is 3.87. The summed E-state index contributed by atoms with van der Waals surface area (Å²) in [6.07, 6.45) is 1.79. The fourth-order valence-electron chi connectivity index (χ4n) is 2.28. The molecule has 0 saturated heterocycles. The molecule has 1 aromatic carbocycles. The summed E-state index contributed by atoms with van der Waals surface area (Å²) in [6, 6.07) is 13.3. The highest BCUT2D eigenvalue weighted by Gasteiger charge is 2.16. The van der Waals surface area contributed by atoms with Gasteiger partial charge in [-0.1, -0.05) is 43.7 Å². The summed E-state index contributed by atoms with van der Waals surface area (Å²) in [4.78, 5) is 25.5. The zero-order chi connectivity index (χ0) is 16.7. The quantitative estimate of drug-likeness (QED) is 0.784. The lowest BCUT2D eigenvalue weighted by Crippen LogP contribution is -2.32. The Morgan fingerprint density at radius 3 is 2.52 bits per heavy atom. The van der Waals surface area contributed by atoms with Gasteiger partial charge >= 0.3 is 5.97 Å². The van der Waals surface area contributed by atoms with Crippen LogP contribution in [0, 0.1) is 6.92 Å². The Kier molecular flexibility index (Phi) is 6.35. The Labute approximate surface area is 140 Å². The molecule has 4 nitrogen and oxygen atoms in total. The molecule has 23 heavy (non-hydrogen) atoms.